The molecule has 10 nitrogen and oxygen atoms in total. The number of anilines is 2. The van der Waals surface area contributed by atoms with Crippen molar-refractivity contribution in [2.45, 2.75) is 19.0 Å². The highest BCUT2D eigenvalue weighted by atomic mass is 19.1. The average Bonchev–Trinajstić information content (AvgIpc) is 3.44. The number of hydrogen-bond donors (Lipinski definition) is 2. The second-order valence-corrected chi connectivity index (χ2v) is 7.57. The van der Waals surface area contributed by atoms with Gasteiger partial charge in [-0.25, -0.2) is 18.4 Å². The molecule has 0 unspecified atom stereocenters. The van der Waals surface area contributed by atoms with Gasteiger partial charge >= 0.3 is 0 Å². The number of alkyl halides is 1. The number of methoxy groups -OCH3 is 1. The molecule has 5 rings (SSSR count). The Morgan fingerprint density at radius 3 is 2.88 bits per heavy atom. The van der Waals surface area contributed by atoms with Gasteiger partial charge in [0.05, 0.1) is 12.3 Å². The van der Waals surface area contributed by atoms with Crippen molar-refractivity contribution in [1.82, 2.24) is 34.1 Å². The van der Waals surface area contributed by atoms with Gasteiger partial charge in [-0.3, -0.25) is 4.90 Å². The lowest BCUT2D eigenvalue weighted by Gasteiger charge is -2.28. The van der Waals surface area contributed by atoms with Gasteiger partial charge in [-0.2, -0.15) is 10.1 Å². The third-order valence-electron chi connectivity index (χ3n) is 5.36. The molecule has 1 atom stereocenters. The predicted octanol–water partition coefficient (Wildman–Crippen LogP) is 2.13. The number of rotatable bonds is 5. The molecule has 32 heavy (non-hydrogen) atoms. The number of nitrogens with zero attached hydrogens (tertiary/aromatic N) is 7. The number of imidazole rings is 1. The van der Waals surface area contributed by atoms with Crippen LogP contribution in [-0.4, -0.2) is 80.7 Å². The minimum Gasteiger partial charge on any atom is -0.383 e. The zero-order valence-corrected chi connectivity index (χ0v) is 18.3. The fourth-order valence-electron chi connectivity index (χ4n) is 3.80. The van der Waals surface area contributed by atoms with Crippen LogP contribution in [0.15, 0.2) is 36.8 Å². The van der Waals surface area contributed by atoms with Crippen molar-refractivity contribution < 1.29 is 9.13 Å². The Bertz CT molecular complexity index is 1170. The van der Waals surface area contributed by atoms with E-state index in [0.29, 0.717) is 19.0 Å². The van der Waals surface area contributed by atoms with Gasteiger partial charge in [-0.1, -0.05) is 0 Å². The molecule has 0 saturated carbocycles. The van der Waals surface area contributed by atoms with E-state index in [1.54, 1.807) is 29.4 Å². The normalized spacial score (nSPS) is 16.8. The molecule has 1 saturated heterocycles. The highest BCUT2D eigenvalue weighted by Crippen LogP contribution is 2.28. The van der Waals surface area contributed by atoms with Gasteiger partial charge in [0.2, 0.25) is 5.95 Å². The molecule has 0 spiro atoms. The van der Waals surface area contributed by atoms with Crippen LogP contribution in [-0.2, 0) is 4.74 Å². The summed E-state index contributed by atoms with van der Waals surface area (Å²) < 4.78 is 21.1. The summed E-state index contributed by atoms with van der Waals surface area (Å²) in [5, 5.41) is 11.8. The SMILES string of the molecule is CNc1nc(N)nn2ccc(-c3ccc4nccn4n3)c12.COCCN1CCC[C@@H](F)C1. The first-order valence-corrected chi connectivity index (χ1v) is 10.6. The molecule has 0 bridgehead atoms. The lowest BCUT2D eigenvalue weighted by Crippen LogP contribution is -2.38. The summed E-state index contributed by atoms with van der Waals surface area (Å²) in [7, 11) is 3.47. The van der Waals surface area contributed by atoms with Crippen molar-refractivity contribution >= 4 is 22.9 Å². The average molecular weight is 442 g/mol. The lowest BCUT2D eigenvalue weighted by atomic mass is 10.1. The van der Waals surface area contributed by atoms with Crippen LogP contribution in [0.4, 0.5) is 16.2 Å². The number of piperidine rings is 1. The number of nitrogen functional groups attached to an aromatic ring is 1. The Morgan fingerprint density at radius 2 is 2.09 bits per heavy atom. The molecule has 0 radical (unpaired) electrons. The van der Waals surface area contributed by atoms with Gasteiger partial charge < -0.3 is 15.8 Å². The summed E-state index contributed by atoms with van der Waals surface area (Å²) in [4.78, 5) is 10.5. The fraction of sp³-hybridized carbons (Fsp3) is 0.429. The number of nitrogens with one attached hydrogen (secondary N) is 1. The maximum Gasteiger partial charge on any atom is 0.240 e. The van der Waals surface area contributed by atoms with Crippen LogP contribution in [0.3, 0.4) is 0 Å². The molecule has 4 aromatic heterocycles. The van der Waals surface area contributed by atoms with Crippen LogP contribution in [0.1, 0.15) is 12.8 Å². The fourth-order valence-corrected chi connectivity index (χ4v) is 3.80. The summed E-state index contributed by atoms with van der Waals surface area (Å²) in [5.41, 5.74) is 9.07. The Labute approximate surface area is 185 Å². The van der Waals surface area contributed by atoms with E-state index in [1.165, 1.54) is 0 Å². The smallest absolute Gasteiger partial charge is 0.240 e. The lowest BCUT2D eigenvalue weighted by molar-refractivity contribution is 0.0990. The molecule has 4 aromatic rings. The van der Waals surface area contributed by atoms with E-state index in [2.05, 4.69) is 30.4 Å². The van der Waals surface area contributed by atoms with Crippen molar-refractivity contribution in [2.24, 2.45) is 0 Å². The van der Waals surface area contributed by atoms with Crippen LogP contribution >= 0.6 is 0 Å². The Morgan fingerprint density at radius 1 is 1.22 bits per heavy atom. The van der Waals surface area contributed by atoms with Crippen LogP contribution in [0.5, 0.6) is 0 Å². The van der Waals surface area contributed by atoms with Crippen molar-refractivity contribution in [3.8, 4) is 11.3 Å². The molecule has 1 aliphatic rings. The Kier molecular flexibility index (Phi) is 6.76. The van der Waals surface area contributed by atoms with E-state index in [0.717, 1.165) is 48.4 Å². The second kappa shape index (κ2) is 9.88. The first-order valence-electron chi connectivity index (χ1n) is 10.6. The topological polar surface area (TPSA) is 111 Å². The van der Waals surface area contributed by atoms with Gasteiger partial charge in [0.15, 0.2) is 11.5 Å². The largest absolute Gasteiger partial charge is 0.383 e. The standard InChI is InChI=1S/C13H12N8.C8H16FNO/c1-15-12-11-8(4-6-21(11)19-13(14)17-12)9-2-3-10-16-5-7-20(10)18-9;1-11-6-5-10-4-2-3-8(9)7-10/h2-7H,1H3,(H3,14,15,17,19);8H,2-7H2,1H3/t;8-/m.1/s1. The molecular weight excluding hydrogens is 413 g/mol. The molecule has 0 aliphatic carbocycles. The predicted molar refractivity (Wildman–Crippen MR) is 121 cm³/mol. The third kappa shape index (κ3) is 4.78. The quantitative estimate of drug-likeness (QED) is 0.485. The molecule has 1 aliphatic heterocycles. The van der Waals surface area contributed by atoms with E-state index in [1.807, 2.05) is 30.6 Å². The minimum absolute atomic E-state index is 0.215. The monoisotopic (exact) mass is 441 g/mol. The number of halogens is 1. The van der Waals surface area contributed by atoms with Crippen LogP contribution < -0.4 is 11.1 Å². The summed E-state index contributed by atoms with van der Waals surface area (Å²) in [5.74, 6) is 0.877. The van der Waals surface area contributed by atoms with E-state index in [9.17, 15) is 4.39 Å². The second-order valence-electron chi connectivity index (χ2n) is 7.57. The van der Waals surface area contributed by atoms with Gasteiger partial charge in [0.1, 0.15) is 11.7 Å². The molecule has 11 heteroatoms. The van der Waals surface area contributed by atoms with Crippen molar-refractivity contribution in [3.63, 3.8) is 0 Å². The van der Waals surface area contributed by atoms with E-state index in [-0.39, 0.29) is 5.95 Å². The van der Waals surface area contributed by atoms with E-state index < -0.39 is 6.17 Å². The highest BCUT2D eigenvalue weighted by Gasteiger charge is 2.18. The van der Waals surface area contributed by atoms with E-state index >= 15 is 0 Å². The van der Waals surface area contributed by atoms with Gasteiger partial charge in [-0.05, 0) is 37.6 Å². The number of hydrogen-bond acceptors (Lipinski definition) is 8. The molecule has 3 N–H and O–H groups in total. The van der Waals surface area contributed by atoms with Gasteiger partial charge in [0.25, 0.3) is 0 Å². The number of likely N-dealkylation sites (tertiary alicyclic amines) is 1. The first-order chi connectivity index (χ1) is 15.6. The molecule has 1 fully saturated rings. The van der Waals surface area contributed by atoms with E-state index in [4.69, 9.17) is 10.5 Å². The third-order valence-corrected chi connectivity index (χ3v) is 5.36. The molecule has 0 amide bonds. The molecule has 0 aromatic carbocycles. The Balaban J connectivity index is 0.000000189. The van der Waals surface area contributed by atoms with Crippen LogP contribution in [0.2, 0.25) is 0 Å². The maximum absolute atomic E-state index is 12.8. The summed E-state index contributed by atoms with van der Waals surface area (Å²) in [6.07, 6.45) is 6.48. The Hall–Kier alpha value is -3.31. The summed E-state index contributed by atoms with van der Waals surface area (Å²) in [6, 6.07) is 5.78. The number of fused-ring (bicyclic) bond motifs is 2. The van der Waals surface area contributed by atoms with Crippen molar-refractivity contribution in [1.29, 1.82) is 0 Å². The zero-order chi connectivity index (χ0) is 22.5. The summed E-state index contributed by atoms with van der Waals surface area (Å²) in [6.45, 7) is 3.22. The van der Waals surface area contributed by atoms with Crippen LogP contribution in [0.25, 0.3) is 22.4 Å². The van der Waals surface area contributed by atoms with Crippen molar-refractivity contribution in [2.75, 3.05) is 51.4 Å². The maximum atomic E-state index is 12.8. The zero-order valence-electron chi connectivity index (χ0n) is 18.3. The number of aromatic nitrogens is 6. The number of nitrogens with two attached hydrogens (primary N) is 1. The van der Waals surface area contributed by atoms with Crippen molar-refractivity contribution in [3.05, 3.63) is 36.8 Å². The summed E-state index contributed by atoms with van der Waals surface area (Å²) >= 11 is 0. The molecule has 170 valence electrons. The molecular formula is C21H28FN9O. The highest BCUT2D eigenvalue weighted by molar-refractivity contribution is 5.87. The van der Waals surface area contributed by atoms with Crippen LogP contribution in [0, 0.1) is 0 Å². The minimum atomic E-state index is -0.611. The number of ether oxygens (including phenoxy) is 1. The van der Waals surface area contributed by atoms with Gasteiger partial charge in [-0.15, -0.1) is 5.10 Å². The van der Waals surface area contributed by atoms with Gasteiger partial charge in [0, 0.05) is 51.4 Å². The molecule has 5 heterocycles. The first kappa shape index (κ1) is 21.9.